The molecule has 1 unspecified atom stereocenters. The van der Waals surface area contributed by atoms with Crippen LogP contribution in [0.1, 0.15) is 13.3 Å². The van der Waals surface area contributed by atoms with Crippen LogP contribution in [-0.4, -0.2) is 49.1 Å². The van der Waals surface area contributed by atoms with Gasteiger partial charge in [0.05, 0.1) is 0 Å². The van der Waals surface area contributed by atoms with Gasteiger partial charge in [0, 0.05) is 32.2 Å². The third-order valence-electron chi connectivity index (χ3n) is 2.58. The van der Waals surface area contributed by atoms with Gasteiger partial charge in [-0.15, -0.1) is 0 Å². The second-order valence-corrected chi connectivity index (χ2v) is 3.48. The summed E-state index contributed by atoms with van der Waals surface area (Å²) >= 11 is 0. The summed E-state index contributed by atoms with van der Waals surface area (Å²) in [5.74, 6) is 0. The largest absolute Gasteiger partial charge is 0.304 e. The Balaban J connectivity index is 2.27. The van der Waals surface area contributed by atoms with Crippen LogP contribution in [0.15, 0.2) is 0 Å². The zero-order chi connectivity index (χ0) is 8.27. The molecule has 0 amide bonds. The highest BCUT2D eigenvalue weighted by Crippen LogP contribution is 2.06. The maximum absolute atomic E-state index is 3.92. The fourth-order valence-corrected chi connectivity index (χ4v) is 1.45. The molecule has 1 fully saturated rings. The van der Waals surface area contributed by atoms with Gasteiger partial charge in [-0.05, 0) is 20.4 Å². The minimum atomic E-state index is 0.670. The van der Waals surface area contributed by atoms with E-state index in [4.69, 9.17) is 0 Å². The number of rotatable bonds is 2. The van der Waals surface area contributed by atoms with Gasteiger partial charge in [0.1, 0.15) is 0 Å². The van der Waals surface area contributed by atoms with Crippen LogP contribution in [-0.2, 0) is 0 Å². The Kier molecular flexibility index (Phi) is 3.34. The topological polar surface area (TPSA) is 6.48 Å². The fraction of sp³-hybridized carbons (Fsp3) is 0.889. The first kappa shape index (κ1) is 9.01. The van der Waals surface area contributed by atoms with Crippen molar-refractivity contribution in [1.29, 1.82) is 0 Å². The number of hydrogen-bond donors (Lipinski definition) is 0. The summed E-state index contributed by atoms with van der Waals surface area (Å²) in [4.78, 5) is 4.90. The van der Waals surface area contributed by atoms with E-state index in [1.54, 1.807) is 0 Å². The molecule has 0 N–H and O–H groups in total. The van der Waals surface area contributed by atoms with Crippen LogP contribution in [0.25, 0.3) is 0 Å². The zero-order valence-corrected chi connectivity index (χ0v) is 7.71. The molecule has 0 aromatic heterocycles. The van der Waals surface area contributed by atoms with E-state index in [0.717, 1.165) is 6.42 Å². The number of hydrogen-bond acceptors (Lipinski definition) is 2. The molecule has 2 heteroatoms. The Morgan fingerprint density at radius 2 is 1.82 bits per heavy atom. The van der Waals surface area contributed by atoms with E-state index in [1.807, 2.05) is 0 Å². The van der Waals surface area contributed by atoms with Crippen molar-refractivity contribution in [3.63, 3.8) is 0 Å². The lowest BCUT2D eigenvalue weighted by molar-refractivity contribution is 0.119. The molecule has 1 saturated heterocycles. The van der Waals surface area contributed by atoms with E-state index in [0.29, 0.717) is 6.04 Å². The molecule has 0 bridgehead atoms. The SMILES string of the molecule is [CH2]CC(C)N1CCN(C)CC1. The Morgan fingerprint density at radius 1 is 1.27 bits per heavy atom. The molecule has 1 atom stereocenters. The van der Waals surface area contributed by atoms with Crippen molar-refractivity contribution >= 4 is 0 Å². The smallest absolute Gasteiger partial charge is 0.0113 e. The van der Waals surface area contributed by atoms with Gasteiger partial charge in [-0.25, -0.2) is 0 Å². The van der Waals surface area contributed by atoms with E-state index < -0.39 is 0 Å². The summed E-state index contributed by atoms with van der Waals surface area (Å²) in [6.07, 6.45) is 1.03. The second-order valence-electron chi connectivity index (χ2n) is 3.48. The summed E-state index contributed by atoms with van der Waals surface area (Å²) in [7, 11) is 2.19. The number of likely N-dealkylation sites (N-methyl/N-ethyl adjacent to an activating group) is 1. The highest BCUT2D eigenvalue weighted by Gasteiger charge is 2.16. The predicted octanol–water partition coefficient (Wildman–Crippen LogP) is 0.846. The summed E-state index contributed by atoms with van der Waals surface area (Å²) in [5.41, 5.74) is 0. The molecule has 0 aromatic rings. The van der Waals surface area contributed by atoms with Gasteiger partial charge < -0.3 is 4.90 Å². The van der Waals surface area contributed by atoms with Crippen molar-refractivity contribution in [2.45, 2.75) is 19.4 Å². The van der Waals surface area contributed by atoms with E-state index >= 15 is 0 Å². The van der Waals surface area contributed by atoms with Crippen molar-refractivity contribution in [2.75, 3.05) is 33.2 Å². The molecule has 1 aliphatic heterocycles. The van der Waals surface area contributed by atoms with Gasteiger partial charge in [-0.1, -0.05) is 6.92 Å². The van der Waals surface area contributed by atoms with Crippen molar-refractivity contribution in [2.24, 2.45) is 0 Å². The van der Waals surface area contributed by atoms with Crippen molar-refractivity contribution in [3.05, 3.63) is 6.92 Å². The Hall–Kier alpha value is -0.0800. The van der Waals surface area contributed by atoms with Gasteiger partial charge in [-0.2, -0.15) is 0 Å². The van der Waals surface area contributed by atoms with E-state index in [-0.39, 0.29) is 0 Å². The summed E-state index contributed by atoms with van der Waals surface area (Å²) < 4.78 is 0. The zero-order valence-electron chi connectivity index (χ0n) is 7.71. The summed E-state index contributed by atoms with van der Waals surface area (Å²) in [6, 6.07) is 0.670. The van der Waals surface area contributed by atoms with Crippen molar-refractivity contribution in [1.82, 2.24) is 9.80 Å². The Morgan fingerprint density at radius 3 is 2.27 bits per heavy atom. The first-order valence-electron chi connectivity index (χ1n) is 4.46. The molecule has 1 aliphatic rings. The lowest BCUT2D eigenvalue weighted by Gasteiger charge is -2.36. The van der Waals surface area contributed by atoms with Crippen molar-refractivity contribution < 1.29 is 0 Å². The minimum absolute atomic E-state index is 0.670. The van der Waals surface area contributed by atoms with Gasteiger partial charge in [0.2, 0.25) is 0 Å². The minimum Gasteiger partial charge on any atom is -0.304 e. The lowest BCUT2D eigenvalue weighted by Crippen LogP contribution is -2.47. The third-order valence-corrected chi connectivity index (χ3v) is 2.58. The summed E-state index contributed by atoms with van der Waals surface area (Å²) in [5, 5.41) is 0. The van der Waals surface area contributed by atoms with E-state index in [2.05, 4.69) is 30.7 Å². The van der Waals surface area contributed by atoms with Gasteiger partial charge in [0.15, 0.2) is 0 Å². The van der Waals surface area contributed by atoms with Crippen molar-refractivity contribution in [3.8, 4) is 0 Å². The maximum atomic E-state index is 3.92. The van der Waals surface area contributed by atoms with Crippen LogP contribution in [0.5, 0.6) is 0 Å². The van der Waals surface area contributed by atoms with E-state index in [1.165, 1.54) is 26.2 Å². The molecule has 2 nitrogen and oxygen atoms in total. The highest BCUT2D eigenvalue weighted by atomic mass is 15.3. The van der Waals surface area contributed by atoms with Crippen LogP contribution in [0, 0.1) is 6.92 Å². The van der Waals surface area contributed by atoms with Crippen LogP contribution >= 0.6 is 0 Å². The van der Waals surface area contributed by atoms with Crippen LogP contribution in [0.2, 0.25) is 0 Å². The van der Waals surface area contributed by atoms with E-state index in [9.17, 15) is 0 Å². The molecule has 1 rings (SSSR count). The third kappa shape index (κ3) is 2.46. The second kappa shape index (κ2) is 4.07. The first-order valence-corrected chi connectivity index (χ1v) is 4.46. The monoisotopic (exact) mass is 155 g/mol. The maximum Gasteiger partial charge on any atom is 0.0113 e. The van der Waals surface area contributed by atoms with Gasteiger partial charge in [0.25, 0.3) is 0 Å². The standard InChI is InChI=1S/C9H19N2/c1-4-9(2)11-7-5-10(3)6-8-11/h9H,1,4-8H2,2-3H3. The Bertz CT molecular complexity index is 106. The fourth-order valence-electron chi connectivity index (χ4n) is 1.45. The molecule has 0 aliphatic carbocycles. The van der Waals surface area contributed by atoms with Crippen LogP contribution < -0.4 is 0 Å². The van der Waals surface area contributed by atoms with Gasteiger partial charge in [-0.3, -0.25) is 4.90 Å². The highest BCUT2D eigenvalue weighted by molar-refractivity contribution is 4.74. The quantitative estimate of drug-likeness (QED) is 0.583. The molecule has 65 valence electrons. The van der Waals surface area contributed by atoms with Crippen LogP contribution in [0.4, 0.5) is 0 Å². The predicted molar refractivity (Wildman–Crippen MR) is 48.5 cm³/mol. The van der Waals surface area contributed by atoms with Gasteiger partial charge >= 0.3 is 0 Å². The molecule has 0 aromatic carbocycles. The first-order chi connectivity index (χ1) is 5.24. The molecule has 0 spiro atoms. The van der Waals surface area contributed by atoms with Crippen LogP contribution in [0.3, 0.4) is 0 Å². The molecular formula is C9H19N2. The number of piperazine rings is 1. The number of nitrogens with zero attached hydrogens (tertiary/aromatic N) is 2. The molecule has 0 saturated carbocycles. The lowest BCUT2D eigenvalue weighted by atomic mass is 10.2. The normalized spacial score (nSPS) is 25.4. The molecule has 11 heavy (non-hydrogen) atoms. The average Bonchev–Trinajstić information content (AvgIpc) is 2.05. The molecule has 1 radical (unpaired) electrons. The average molecular weight is 155 g/mol. The molecular weight excluding hydrogens is 136 g/mol. The molecule has 1 heterocycles. The Labute approximate surface area is 70.2 Å². The summed E-state index contributed by atoms with van der Waals surface area (Å²) in [6.45, 7) is 11.0.